The van der Waals surface area contributed by atoms with Crippen LogP contribution >= 0.6 is 27.5 Å². The molecule has 0 spiro atoms. The molecule has 3 rings (SSSR count). The van der Waals surface area contributed by atoms with Gasteiger partial charge in [-0.1, -0.05) is 28.1 Å². The SMILES string of the molecule is COc1cc2ncc(C#N)c(Nc3cccc(Br)c3)c2cc1NC(=O)C=CCCl. The number of fused-ring (bicyclic) bond motifs is 1. The first kappa shape index (κ1) is 20.6. The van der Waals surface area contributed by atoms with Crippen LogP contribution in [0, 0.1) is 11.3 Å². The van der Waals surface area contributed by atoms with Gasteiger partial charge in [0.15, 0.2) is 0 Å². The number of allylic oxidation sites excluding steroid dienone is 1. The Hall–Kier alpha value is -3.08. The lowest BCUT2D eigenvalue weighted by molar-refractivity contribution is -0.111. The number of anilines is 3. The van der Waals surface area contributed by atoms with Crippen LogP contribution < -0.4 is 15.4 Å². The summed E-state index contributed by atoms with van der Waals surface area (Å²) in [5.41, 5.74) is 2.84. The number of ether oxygens (including phenoxy) is 1. The van der Waals surface area contributed by atoms with Crippen LogP contribution in [0.3, 0.4) is 0 Å². The number of pyridine rings is 1. The summed E-state index contributed by atoms with van der Waals surface area (Å²) in [5, 5.41) is 16.3. The smallest absolute Gasteiger partial charge is 0.248 e. The number of aromatic nitrogens is 1. The van der Waals surface area contributed by atoms with Gasteiger partial charge in [0, 0.05) is 39.8 Å². The molecule has 0 aliphatic carbocycles. The molecule has 0 fully saturated rings. The lowest BCUT2D eigenvalue weighted by atomic mass is 10.1. The van der Waals surface area contributed by atoms with E-state index < -0.39 is 0 Å². The zero-order valence-corrected chi connectivity index (χ0v) is 17.7. The first-order chi connectivity index (χ1) is 14.0. The van der Waals surface area contributed by atoms with Crippen LogP contribution in [0.5, 0.6) is 5.75 Å². The number of alkyl halides is 1. The highest BCUT2D eigenvalue weighted by Crippen LogP contribution is 2.36. The van der Waals surface area contributed by atoms with Gasteiger partial charge < -0.3 is 15.4 Å². The van der Waals surface area contributed by atoms with Crippen LogP contribution in [0.2, 0.25) is 0 Å². The summed E-state index contributed by atoms with van der Waals surface area (Å²) >= 11 is 9.03. The molecule has 0 saturated carbocycles. The fraction of sp³-hybridized carbons (Fsp3) is 0.0952. The van der Waals surface area contributed by atoms with Gasteiger partial charge in [-0.2, -0.15) is 5.26 Å². The largest absolute Gasteiger partial charge is 0.494 e. The van der Waals surface area contributed by atoms with E-state index in [1.54, 1.807) is 18.2 Å². The summed E-state index contributed by atoms with van der Waals surface area (Å²) < 4.78 is 6.30. The number of carbonyl (C=O) groups is 1. The maximum absolute atomic E-state index is 12.1. The zero-order chi connectivity index (χ0) is 20.8. The number of nitrogens with zero attached hydrogens (tertiary/aromatic N) is 2. The van der Waals surface area contributed by atoms with Crippen molar-refractivity contribution in [1.82, 2.24) is 4.98 Å². The minimum absolute atomic E-state index is 0.235. The van der Waals surface area contributed by atoms with E-state index in [0.29, 0.717) is 33.6 Å². The number of halogens is 2. The molecule has 29 heavy (non-hydrogen) atoms. The molecule has 3 aromatic rings. The van der Waals surface area contributed by atoms with Gasteiger partial charge in [-0.15, -0.1) is 11.6 Å². The number of hydrogen-bond donors (Lipinski definition) is 2. The van der Waals surface area contributed by atoms with E-state index in [1.165, 1.54) is 19.4 Å². The molecule has 1 aromatic heterocycles. The summed E-state index contributed by atoms with van der Waals surface area (Å²) in [4.78, 5) is 16.5. The van der Waals surface area contributed by atoms with E-state index in [0.717, 1.165) is 10.2 Å². The average molecular weight is 472 g/mol. The molecule has 1 heterocycles. The summed E-state index contributed by atoms with van der Waals surface area (Å²) in [7, 11) is 1.51. The van der Waals surface area contributed by atoms with Gasteiger partial charge in [0.1, 0.15) is 11.8 Å². The second-order valence-corrected chi connectivity index (χ2v) is 7.13. The van der Waals surface area contributed by atoms with Crippen LogP contribution in [-0.4, -0.2) is 23.9 Å². The molecule has 0 radical (unpaired) electrons. The van der Waals surface area contributed by atoms with E-state index in [4.69, 9.17) is 16.3 Å². The lowest BCUT2D eigenvalue weighted by Crippen LogP contribution is -2.09. The molecule has 0 aliphatic rings. The second kappa shape index (κ2) is 9.41. The third kappa shape index (κ3) is 4.86. The average Bonchev–Trinajstić information content (AvgIpc) is 2.72. The molecule has 2 aromatic carbocycles. The molecule has 0 aliphatic heterocycles. The van der Waals surface area contributed by atoms with Gasteiger partial charge in [-0.25, -0.2) is 0 Å². The van der Waals surface area contributed by atoms with E-state index in [2.05, 4.69) is 37.6 Å². The summed E-state index contributed by atoms with van der Waals surface area (Å²) in [6.07, 6.45) is 4.39. The standard InChI is InChI=1S/C21H16BrClN4O2/c1-29-19-10-17-16(9-18(19)27-20(28)6-3-7-23)21(13(11-24)12-25-17)26-15-5-2-4-14(22)8-15/h2-6,8-10,12H,7H2,1H3,(H,25,26)(H,27,28). The van der Waals surface area contributed by atoms with Gasteiger partial charge in [-0.3, -0.25) is 9.78 Å². The van der Waals surface area contributed by atoms with Gasteiger partial charge in [0.25, 0.3) is 0 Å². The first-order valence-corrected chi connectivity index (χ1v) is 9.85. The minimum atomic E-state index is -0.339. The van der Waals surface area contributed by atoms with E-state index in [1.807, 2.05) is 24.3 Å². The third-order valence-electron chi connectivity index (χ3n) is 4.02. The third-order valence-corrected chi connectivity index (χ3v) is 4.69. The molecular weight excluding hydrogens is 456 g/mol. The van der Waals surface area contributed by atoms with Crippen LogP contribution in [0.25, 0.3) is 10.9 Å². The normalized spacial score (nSPS) is 10.7. The monoisotopic (exact) mass is 470 g/mol. The summed E-state index contributed by atoms with van der Waals surface area (Å²) in [5.74, 6) is 0.350. The lowest BCUT2D eigenvalue weighted by Gasteiger charge is -2.15. The predicted molar refractivity (Wildman–Crippen MR) is 119 cm³/mol. The zero-order valence-electron chi connectivity index (χ0n) is 15.4. The van der Waals surface area contributed by atoms with Crippen molar-refractivity contribution in [3.8, 4) is 11.8 Å². The van der Waals surface area contributed by atoms with E-state index in [9.17, 15) is 10.1 Å². The maximum atomic E-state index is 12.1. The highest BCUT2D eigenvalue weighted by atomic mass is 79.9. The van der Waals surface area contributed by atoms with Gasteiger partial charge in [0.05, 0.1) is 29.6 Å². The Bertz CT molecular complexity index is 1140. The number of amides is 1. The van der Waals surface area contributed by atoms with E-state index >= 15 is 0 Å². The Kier molecular flexibility index (Phi) is 6.70. The molecule has 0 saturated heterocycles. The quantitative estimate of drug-likeness (QED) is 0.373. The van der Waals surface area contributed by atoms with E-state index in [-0.39, 0.29) is 11.8 Å². The van der Waals surface area contributed by atoms with Crippen LogP contribution in [-0.2, 0) is 4.79 Å². The molecule has 0 atom stereocenters. The van der Waals surface area contributed by atoms with Gasteiger partial charge in [-0.05, 0) is 24.3 Å². The number of nitriles is 1. The van der Waals surface area contributed by atoms with Crippen molar-refractivity contribution < 1.29 is 9.53 Å². The van der Waals surface area contributed by atoms with Crippen molar-refractivity contribution in [2.75, 3.05) is 23.6 Å². The first-order valence-electron chi connectivity index (χ1n) is 8.52. The van der Waals surface area contributed by atoms with Crippen LogP contribution in [0.1, 0.15) is 5.56 Å². The molecular formula is C21H16BrClN4O2. The number of hydrogen-bond acceptors (Lipinski definition) is 5. The van der Waals surface area contributed by atoms with Crippen molar-refractivity contribution in [3.05, 3.63) is 64.8 Å². The molecule has 0 bridgehead atoms. The summed E-state index contributed by atoms with van der Waals surface area (Å²) in [6, 6.07) is 13.2. The molecule has 146 valence electrons. The molecule has 0 unspecified atom stereocenters. The minimum Gasteiger partial charge on any atom is -0.494 e. The van der Waals surface area contributed by atoms with Crippen molar-refractivity contribution in [2.24, 2.45) is 0 Å². The highest BCUT2D eigenvalue weighted by Gasteiger charge is 2.15. The number of carbonyl (C=O) groups excluding carboxylic acids is 1. The topological polar surface area (TPSA) is 87.0 Å². The van der Waals surface area contributed by atoms with Crippen molar-refractivity contribution in [1.29, 1.82) is 5.26 Å². The fourth-order valence-corrected chi connectivity index (χ4v) is 3.23. The van der Waals surface area contributed by atoms with Crippen molar-refractivity contribution >= 4 is 61.4 Å². The van der Waals surface area contributed by atoms with Crippen LogP contribution in [0.4, 0.5) is 17.1 Å². The van der Waals surface area contributed by atoms with Crippen LogP contribution in [0.15, 0.2) is 59.2 Å². The van der Waals surface area contributed by atoms with Crippen molar-refractivity contribution in [3.63, 3.8) is 0 Å². The Morgan fingerprint density at radius 3 is 2.90 bits per heavy atom. The van der Waals surface area contributed by atoms with Crippen molar-refractivity contribution in [2.45, 2.75) is 0 Å². The Morgan fingerprint density at radius 1 is 1.38 bits per heavy atom. The van der Waals surface area contributed by atoms with Gasteiger partial charge in [0.2, 0.25) is 5.91 Å². The number of methoxy groups -OCH3 is 1. The Morgan fingerprint density at radius 2 is 2.21 bits per heavy atom. The molecule has 1 amide bonds. The Balaban J connectivity index is 2.13. The number of nitrogens with one attached hydrogen (secondary N) is 2. The Labute approximate surface area is 181 Å². The van der Waals surface area contributed by atoms with Gasteiger partial charge >= 0.3 is 0 Å². The maximum Gasteiger partial charge on any atom is 0.248 e. The fourth-order valence-electron chi connectivity index (χ4n) is 2.74. The molecule has 2 N–H and O–H groups in total. The number of rotatable bonds is 6. The molecule has 6 nitrogen and oxygen atoms in total. The summed E-state index contributed by atoms with van der Waals surface area (Å²) in [6.45, 7) is 0. The number of benzene rings is 2. The second-order valence-electron chi connectivity index (χ2n) is 5.91. The predicted octanol–water partition coefficient (Wildman–Crippen LogP) is 5.35. The highest BCUT2D eigenvalue weighted by molar-refractivity contribution is 9.10. The molecule has 8 heteroatoms.